The summed E-state index contributed by atoms with van der Waals surface area (Å²) in [6, 6.07) is 1.49. The maximum atomic E-state index is 5.62. The van der Waals surface area contributed by atoms with Crippen molar-refractivity contribution in [2.75, 3.05) is 32.8 Å². The van der Waals surface area contributed by atoms with Gasteiger partial charge in [0.1, 0.15) is 0 Å². The van der Waals surface area contributed by atoms with E-state index in [2.05, 4.69) is 24.1 Å². The Morgan fingerprint density at radius 3 is 2.45 bits per heavy atom. The van der Waals surface area contributed by atoms with Crippen molar-refractivity contribution in [1.82, 2.24) is 10.2 Å². The van der Waals surface area contributed by atoms with Gasteiger partial charge in [0.25, 0.3) is 0 Å². The van der Waals surface area contributed by atoms with Crippen molar-refractivity contribution in [1.29, 1.82) is 0 Å². The van der Waals surface area contributed by atoms with Crippen LogP contribution >= 0.6 is 0 Å². The molecule has 1 N–H and O–H groups in total. The third-order valence-electron chi connectivity index (χ3n) is 5.73. The average molecular weight is 280 g/mol. The Morgan fingerprint density at radius 1 is 1.10 bits per heavy atom. The number of nitrogens with one attached hydrogen (secondary N) is 1. The predicted molar refractivity (Wildman–Crippen MR) is 82.9 cm³/mol. The summed E-state index contributed by atoms with van der Waals surface area (Å²) in [5.41, 5.74) is 0. The first-order valence-electron chi connectivity index (χ1n) is 8.79. The Morgan fingerprint density at radius 2 is 1.85 bits per heavy atom. The van der Waals surface area contributed by atoms with Crippen LogP contribution in [0, 0.1) is 17.8 Å². The Labute approximate surface area is 124 Å². The molecule has 3 unspecified atom stereocenters. The molecule has 3 nitrogen and oxygen atoms in total. The lowest BCUT2D eigenvalue weighted by molar-refractivity contribution is 0.0181. The van der Waals surface area contributed by atoms with Gasteiger partial charge < -0.3 is 15.0 Å². The van der Waals surface area contributed by atoms with Crippen LogP contribution in [-0.4, -0.2) is 49.8 Å². The summed E-state index contributed by atoms with van der Waals surface area (Å²) in [4.78, 5) is 2.70. The van der Waals surface area contributed by atoms with Crippen LogP contribution in [0.1, 0.15) is 46.0 Å². The molecule has 2 aliphatic heterocycles. The van der Waals surface area contributed by atoms with Crippen LogP contribution in [0.3, 0.4) is 0 Å². The lowest BCUT2D eigenvalue weighted by atomic mass is 9.73. The second-order valence-electron chi connectivity index (χ2n) is 7.52. The molecule has 0 amide bonds. The molecule has 1 aliphatic carbocycles. The van der Waals surface area contributed by atoms with Crippen LogP contribution in [0.4, 0.5) is 0 Å². The lowest BCUT2D eigenvalue weighted by Crippen LogP contribution is -2.59. The molecular formula is C17H32N2O. The van der Waals surface area contributed by atoms with Crippen molar-refractivity contribution < 1.29 is 4.74 Å². The molecule has 0 aromatic heterocycles. The highest BCUT2D eigenvalue weighted by atomic mass is 16.5. The summed E-state index contributed by atoms with van der Waals surface area (Å²) < 4.78 is 5.62. The largest absolute Gasteiger partial charge is 0.381 e. The third kappa shape index (κ3) is 3.37. The van der Waals surface area contributed by atoms with Crippen molar-refractivity contribution in [2.24, 2.45) is 17.8 Å². The first-order chi connectivity index (χ1) is 9.74. The van der Waals surface area contributed by atoms with Gasteiger partial charge in [-0.1, -0.05) is 6.42 Å². The van der Waals surface area contributed by atoms with Crippen molar-refractivity contribution >= 4 is 0 Å². The molecule has 20 heavy (non-hydrogen) atoms. The molecule has 3 atom stereocenters. The van der Waals surface area contributed by atoms with Crippen LogP contribution in [-0.2, 0) is 4.74 Å². The molecule has 3 fully saturated rings. The molecule has 3 aliphatic rings. The summed E-state index contributed by atoms with van der Waals surface area (Å²) >= 11 is 0. The van der Waals surface area contributed by atoms with Gasteiger partial charge in [-0.15, -0.1) is 0 Å². The molecule has 0 aromatic rings. The average Bonchev–Trinajstić information content (AvgIpc) is 2.45. The standard InChI is InChI=1S/C17H32N2O/c1-13(2)19-10-15-6-3-7-16(11-19)17(15)18-9-14-5-4-8-20-12-14/h13-18H,3-12H2,1-2H3. The van der Waals surface area contributed by atoms with E-state index in [1.165, 1.54) is 51.7 Å². The van der Waals surface area contributed by atoms with Gasteiger partial charge in [0.05, 0.1) is 6.61 Å². The topological polar surface area (TPSA) is 24.5 Å². The highest BCUT2D eigenvalue weighted by Crippen LogP contribution is 2.35. The maximum absolute atomic E-state index is 5.62. The predicted octanol–water partition coefficient (Wildman–Crippen LogP) is 2.51. The van der Waals surface area contributed by atoms with Crippen LogP contribution in [0.2, 0.25) is 0 Å². The van der Waals surface area contributed by atoms with Gasteiger partial charge in [-0.3, -0.25) is 0 Å². The fourth-order valence-corrected chi connectivity index (χ4v) is 4.50. The van der Waals surface area contributed by atoms with Crippen molar-refractivity contribution in [3.8, 4) is 0 Å². The zero-order valence-corrected chi connectivity index (χ0v) is 13.3. The van der Waals surface area contributed by atoms with Gasteiger partial charge in [-0.05, 0) is 57.3 Å². The zero-order chi connectivity index (χ0) is 13.9. The molecule has 2 bridgehead atoms. The van der Waals surface area contributed by atoms with E-state index in [9.17, 15) is 0 Å². The number of rotatable bonds is 4. The van der Waals surface area contributed by atoms with Crippen LogP contribution in [0.5, 0.6) is 0 Å². The zero-order valence-electron chi connectivity index (χ0n) is 13.3. The second-order valence-corrected chi connectivity index (χ2v) is 7.52. The van der Waals surface area contributed by atoms with Crippen molar-refractivity contribution in [2.45, 2.75) is 58.0 Å². The van der Waals surface area contributed by atoms with Crippen LogP contribution < -0.4 is 5.32 Å². The van der Waals surface area contributed by atoms with Gasteiger partial charge in [0, 0.05) is 38.3 Å². The highest BCUT2D eigenvalue weighted by molar-refractivity contribution is 4.95. The minimum absolute atomic E-state index is 0.714. The van der Waals surface area contributed by atoms with Crippen LogP contribution in [0.25, 0.3) is 0 Å². The van der Waals surface area contributed by atoms with Crippen molar-refractivity contribution in [3.63, 3.8) is 0 Å². The molecule has 0 radical (unpaired) electrons. The summed E-state index contributed by atoms with van der Waals surface area (Å²) in [6.07, 6.45) is 6.92. The minimum Gasteiger partial charge on any atom is -0.381 e. The second kappa shape index (κ2) is 6.76. The maximum Gasteiger partial charge on any atom is 0.0506 e. The fourth-order valence-electron chi connectivity index (χ4n) is 4.50. The monoisotopic (exact) mass is 280 g/mol. The minimum atomic E-state index is 0.714. The summed E-state index contributed by atoms with van der Waals surface area (Å²) in [5, 5.41) is 3.95. The first-order valence-corrected chi connectivity index (χ1v) is 8.79. The number of piperidine rings is 1. The van der Waals surface area contributed by atoms with E-state index in [1.54, 1.807) is 0 Å². The molecule has 2 saturated heterocycles. The normalized spacial score (nSPS) is 39.1. The van der Waals surface area contributed by atoms with E-state index in [0.29, 0.717) is 6.04 Å². The SMILES string of the molecule is CC(C)N1CC2CCCC(C1)C2NCC1CCCOC1. The number of hydrogen-bond donors (Lipinski definition) is 1. The molecule has 0 spiro atoms. The smallest absolute Gasteiger partial charge is 0.0506 e. The number of nitrogens with zero attached hydrogens (tertiary/aromatic N) is 1. The molecule has 3 heteroatoms. The highest BCUT2D eigenvalue weighted by Gasteiger charge is 2.39. The summed E-state index contributed by atoms with van der Waals surface area (Å²) in [7, 11) is 0. The van der Waals surface area contributed by atoms with Gasteiger partial charge >= 0.3 is 0 Å². The van der Waals surface area contributed by atoms with E-state index < -0.39 is 0 Å². The van der Waals surface area contributed by atoms with Crippen molar-refractivity contribution in [3.05, 3.63) is 0 Å². The van der Waals surface area contributed by atoms with E-state index in [1.807, 2.05) is 0 Å². The quantitative estimate of drug-likeness (QED) is 0.856. The molecule has 2 heterocycles. The molecule has 0 aromatic carbocycles. The Bertz CT molecular complexity index is 287. The first kappa shape index (κ1) is 14.8. The number of ether oxygens (including phenoxy) is 1. The third-order valence-corrected chi connectivity index (χ3v) is 5.73. The summed E-state index contributed by atoms with van der Waals surface area (Å²) in [6.45, 7) is 10.5. The number of likely N-dealkylation sites (tertiary alicyclic amines) is 1. The van der Waals surface area contributed by atoms with Crippen LogP contribution in [0.15, 0.2) is 0 Å². The van der Waals surface area contributed by atoms with Gasteiger partial charge in [-0.25, -0.2) is 0 Å². The van der Waals surface area contributed by atoms with E-state index in [4.69, 9.17) is 4.74 Å². The molecule has 116 valence electrons. The van der Waals surface area contributed by atoms with E-state index in [0.717, 1.165) is 37.0 Å². The van der Waals surface area contributed by atoms with Gasteiger partial charge in [0.2, 0.25) is 0 Å². The molecule has 1 saturated carbocycles. The lowest BCUT2D eigenvalue weighted by Gasteiger charge is -2.49. The molecule has 3 rings (SSSR count). The Kier molecular flexibility index (Phi) is 5.00. The van der Waals surface area contributed by atoms with E-state index >= 15 is 0 Å². The fraction of sp³-hybridized carbons (Fsp3) is 1.00. The molecular weight excluding hydrogens is 248 g/mol. The Hall–Kier alpha value is -0.120. The Balaban J connectivity index is 1.53. The number of fused-ring (bicyclic) bond motifs is 2. The summed E-state index contributed by atoms with van der Waals surface area (Å²) in [5.74, 6) is 2.52. The van der Waals surface area contributed by atoms with E-state index in [-0.39, 0.29) is 0 Å². The number of hydrogen-bond acceptors (Lipinski definition) is 3. The van der Waals surface area contributed by atoms with Gasteiger partial charge in [0.15, 0.2) is 0 Å². The van der Waals surface area contributed by atoms with Gasteiger partial charge in [-0.2, -0.15) is 0 Å².